The number of rotatable bonds is 3. The number of aromatic nitrogens is 2. The van der Waals surface area contributed by atoms with Crippen LogP contribution in [0.5, 0.6) is 0 Å². The predicted octanol–water partition coefficient (Wildman–Crippen LogP) is 1.30. The summed E-state index contributed by atoms with van der Waals surface area (Å²) in [6.07, 6.45) is 8.02. The van der Waals surface area contributed by atoms with E-state index >= 15 is 0 Å². The van der Waals surface area contributed by atoms with E-state index in [9.17, 15) is 0 Å². The van der Waals surface area contributed by atoms with Gasteiger partial charge in [0, 0.05) is 19.3 Å². The molecular formula is C11H19N3. The van der Waals surface area contributed by atoms with Gasteiger partial charge >= 0.3 is 0 Å². The third kappa shape index (κ3) is 1.98. The molecule has 1 saturated carbocycles. The summed E-state index contributed by atoms with van der Waals surface area (Å²) in [7, 11) is 6.32. The van der Waals surface area contributed by atoms with Crippen molar-refractivity contribution in [3.8, 4) is 0 Å². The number of aryl methyl sites for hydroxylation is 1. The van der Waals surface area contributed by atoms with Gasteiger partial charge in [-0.2, -0.15) is 5.10 Å². The SMILES string of the molecule is CN(C)C1CC(Cc2cnn(C)c2)C1. The van der Waals surface area contributed by atoms with Gasteiger partial charge in [-0.3, -0.25) is 4.68 Å². The zero-order valence-electron chi connectivity index (χ0n) is 9.27. The van der Waals surface area contributed by atoms with Crippen LogP contribution in [0.4, 0.5) is 0 Å². The van der Waals surface area contributed by atoms with Crippen LogP contribution in [0.25, 0.3) is 0 Å². The lowest BCUT2D eigenvalue weighted by Crippen LogP contribution is -2.40. The first kappa shape index (κ1) is 9.71. The molecule has 1 aromatic heterocycles. The summed E-state index contributed by atoms with van der Waals surface area (Å²) in [5.74, 6) is 0.881. The third-order valence-electron chi connectivity index (χ3n) is 3.22. The van der Waals surface area contributed by atoms with E-state index in [0.717, 1.165) is 12.0 Å². The average Bonchev–Trinajstić information content (AvgIpc) is 2.42. The molecule has 0 spiro atoms. The van der Waals surface area contributed by atoms with Crippen LogP contribution >= 0.6 is 0 Å². The smallest absolute Gasteiger partial charge is 0.0521 e. The summed E-state index contributed by atoms with van der Waals surface area (Å²) in [5.41, 5.74) is 1.38. The fraction of sp³-hybridized carbons (Fsp3) is 0.727. The van der Waals surface area contributed by atoms with Gasteiger partial charge in [-0.25, -0.2) is 0 Å². The van der Waals surface area contributed by atoms with Crippen molar-refractivity contribution in [1.29, 1.82) is 0 Å². The summed E-state index contributed by atoms with van der Waals surface area (Å²) < 4.78 is 1.89. The maximum atomic E-state index is 4.19. The minimum absolute atomic E-state index is 0.816. The molecule has 1 aliphatic rings. The van der Waals surface area contributed by atoms with Gasteiger partial charge in [0.15, 0.2) is 0 Å². The van der Waals surface area contributed by atoms with Gasteiger partial charge < -0.3 is 4.90 Å². The highest BCUT2D eigenvalue weighted by Gasteiger charge is 2.30. The van der Waals surface area contributed by atoms with Crippen molar-refractivity contribution in [2.45, 2.75) is 25.3 Å². The van der Waals surface area contributed by atoms with Crippen LogP contribution in [0.2, 0.25) is 0 Å². The van der Waals surface area contributed by atoms with Gasteiger partial charge in [0.05, 0.1) is 6.20 Å². The highest BCUT2D eigenvalue weighted by atomic mass is 15.2. The Balaban J connectivity index is 1.79. The first-order valence-electron chi connectivity index (χ1n) is 5.29. The van der Waals surface area contributed by atoms with E-state index in [1.807, 2.05) is 17.9 Å². The van der Waals surface area contributed by atoms with E-state index in [4.69, 9.17) is 0 Å². The lowest BCUT2D eigenvalue weighted by atomic mass is 9.76. The van der Waals surface area contributed by atoms with Crippen LogP contribution in [-0.4, -0.2) is 34.8 Å². The van der Waals surface area contributed by atoms with E-state index in [-0.39, 0.29) is 0 Å². The Morgan fingerprint density at radius 2 is 2.21 bits per heavy atom. The Hall–Kier alpha value is -0.830. The monoisotopic (exact) mass is 193 g/mol. The molecule has 0 aromatic carbocycles. The summed E-state index contributed by atoms with van der Waals surface area (Å²) in [6.45, 7) is 0. The molecule has 1 aromatic rings. The molecular weight excluding hydrogens is 174 g/mol. The minimum atomic E-state index is 0.816. The molecule has 3 heteroatoms. The molecule has 0 saturated heterocycles. The van der Waals surface area contributed by atoms with E-state index in [1.165, 1.54) is 24.8 Å². The molecule has 1 aliphatic carbocycles. The van der Waals surface area contributed by atoms with Crippen LogP contribution < -0.4 is 0 Å². The molecule has 0 radical (unpaired) electrons. The summed E-state index contributed by atoms with van der Waals surface area (Å²) in [6, 6.07) is 0.816. The molecule has 0 aliphatic heterocycles. The maximum absolute atomic E-state index is 4.19. The molecule has 0 N–H and O–H groups in total. The fourth-order valence-corrected chi connectivity index (χ4v) is 2.20. The van der Waals surface area contributed by atoms with Crippen LogP contribution in [0.3, 0.4) is 0 Å². The lowest BCUT2D eigenvalue weighted by Gasteiger charge is -2.39. The zero-order chi connectivity index (χ0) is 10.1. The Morgan fingerprint density at radius 3 is 2.71 bits per heavy atom. The van der Waals surface area contributed by atoms with Crippen LogP contribution in [0.15, 0.2) is 12.4 Å². The molecule has 2 rings (SSSR count). The average molecular weight is 193 g/mol. The first-order valence-corrected chi connectivity index (χ1v) is 5.29. The topological polar surface area (TPSA) is 21.1 Å². The Bertz CT molecular complexity index is 297. The van der Waals surface area contributed by atoms with Gasteiger partial charge in [-0.1, -0.05) is 0 Å². The summed E-state index contributed by atoms with van der Waals surface area (Å²) in [4.78, 5) is 2.33. The van der Waals surface area contributed by atoms with E-state index < -0.39 is 0 Å². The van der Waals surface area contributed by atoms with Crippen molar-refractivity contribution in [3.05, 3.63) is 18.0 Å². The molecule has 0 atom stereocenters. The molecule has 0 unspecified atom stereocenters. The van der Waals surface area contributed by atoms with Crippen molar-refractivity contribution in [2.75, 3.05) is 14.1 Å². The molecule has 0 bridgehead atoms. The van der Waals surface area contributed by atoms with Crippen molar-refractivity contribution in [3.63, 3.8) is 0 Å². The second-order valence-corrected chi connectivity index (χ2v) is 4.68. The first-order chi connectivity index (χ1) is 6.65. The van der Waals surface area contributed by atoms with Gasteiger partial charge in [-0.15, -0.1) is 0 Å². The van der Waals surface area contributed by atoms with E-state index in [2.05, 4.69) is 30.3 Å². The number of hydrogen-bond donors (Lipinski definition) is 0. The van der Waals surface area contributed by atoms with Crippen LogP contribution in [-0.2, 0) is 13.5 Å². The molecule has 3 nitrogen and oxygen atoms in total. The second kappa shape index (κ2) is 3.73. The lowest BCUT2D eigenvalue weighted by molar-refractivity contribution is 0.124. The molecule has 78 valence electrons. The summed E-state index contributed by atoms with van der Waals surface area (Å²) >= 11 is 0. The molecule has 1 heterocycles. The normalized spacial score (nSPS) is 26.6. The highest BCUT2D eigenvalue weighted by Crippen LogP contribution is 2.32. The maximum Gasteiger partial charge on any atom is 0.0521 e. The Morgan fingerprint density at radius 1 is 1.50 bits per heavy atom. The van der Waals surface area contributed by atoms with Gasteiger partial charge in [0.1, 0.15) is 0 Å². The van der Waals surface area contributed by atoms with Crippen molar-refractivity contribution in [1.82, 2.24) is 14.7 Å². The molecule has 1 fully saturated rings. The Labute approximate surface area is 85.7 Å². The van der Waals surface area contributed by atoms with Crippen LogP contribution in [0.1, 0.15) is 18.4 Å². The van der Waals surface area contributed by atoms with E-state index in [1.54, 1.807) is 0 Å². The Kier molecular flexibility index (Phi) is 2.59. The van der Waals surface area contributed by atoms with Gasteiger partial charge in [0.25, 0.3) is 0 Å². The second-order valence-electron chi connectivity index (χ2n) is 4.68. The standard InChI is InChI=1S/C11H19N3/c1-13(2)11-5-9(6-11)4-10-7-12-14(3)8-10/h7-9,11H,4-6H2,1-3H3. The van der Waals surface area contributed by atoms with Gasteiger partial charge in [0.2, 0.25) is 0 Å². The van der Waals surface area contributed by atoms with Crippen molar-refractivity contribution >= 4 is 0 Å². The highest BCUT2D eigenvalue weighted by molar-refractivity contribution is 5.06. The van der Waals surface area contributed by atoms with Crippen molar-refractivity contribution in [2.24, 2.45) is 13.0 Å². The van der Waals surface area contributed by atoms with Crippen molar-refractivity contribution < 1.29 is 0 Å². The molecule has 14 heavy (non-hydrogen) atoms. The quantitative estimate of drug-likeness (QED) is 0.721. The number of hydrogen-bond acceptors (Lipinski definition) is 2. The summed E-state index contributed by atoms with van der Waals surface area (Å²) in [5, 5.41) is 4.19. The molecule has 0 amide bonds. The van der Waals surface area contributed by atoms with Gasteiger partial charge in [-0.05, 0) is 44.8 Å². The fourth-order valence-electron chi connectivity index (χ4n) is 2.20. The predicted molar refractivity (Wildman–Crippen MR) is 57.1 cm³/mol. The minimum Gasteiger partial charge on any atom is -0.306 e. The number of nitrogens with zero attached hydrogens (tertiary/aromatic N) is 3. The largest absolute Gasteiger partial charge is 0.306 e. The van der Waals surface area contributed by atoms with E-state index in [0.29, 0.717) is 0 Å². The van der Waals surface area contributed by atoms with Crippen LogP contribution in [0, 0.1) is 5.92 Å². The zero-order valence-corrected chi connectivity index (χ0v) is 9.27. The third-order valence-corrected chi connectivity index (χ3v) is 3.22.